The van der Waals surface area contributed by atoms with Gasteiger partial charge in [-0.2, -0.15) is 0 Å². The summed E-state index contributed by atoms with van der Waals surface area (Å²) in [6, 6.07) is 1.54. The number of aromatic carboxylic acids is 1. The number of hydrogen-bond acceptors (Lipinski definition) is 4. The van der Waals surface area contributed by atoms with Crippen LogP contribution in [0.3, 0.4) is 0 Å². The summed E-state index contributed by atoms with van der Waals surface area (Å²) in [4.78, 5) is 15.2. The van der Waals surface area contributed by atoms with E-state index in [1.807, 2.05) is 0 Å². The Bertz CT molecular complexity index is 467. The molecule has 2 atom stereocenters. The molecule has 0 radical (unpaired) electrons. The maximum Gasteiger partial charge on any atom is 0.339 e. The van der Waals surface area contributed by atoms with Crippen LogP contribution in [0.1, 0.15) is 36.0 Å². The quantitative estimate of drug-likeness (QED) is 0.791. The van der Waals surface area contributed by atoms with Gasteiger partial charge in [-0.25, -0.2) is 9.78 Å². The maximum absolute atomic E-state index is 11.1. The Kier molecular flexibility index (Phi) is 4.76. The van der Waals surface area contributed by atoms with Crippen LogP contribution in [0, 0.1) is 5.92 Å². The minimum absolute atomic E-state index is 0.158. The number of aromatic nitrogens is 1. The van der Waals surface area contributed by atoms with Crippen LogP contribution >= 0.6 is 15.9 Å². The Morgan fingerprint density at radius 1 is 1.53 bits per heavy atom. The number of nitrogens with zero attached hydrogens (tertiary/aromatic N) is 1. The minimum atomic E-state index is -1.00. The number of aliphatic hydroxyl groups is 1. The zero-order chi connectivity index (χ0) is 13.8. The molecule has 0 spiro atoms. The van der Waals surface area contributed by atoms with E-state index < -0.39 is 5.97 Å². The van der Waals surface area contributed by atoms with Crippen molar-refractivity contribution in [3.63, 3.8) is 0 Å². The lowest BCUT2D eigenvalue weighted by atomic mass is 9.87. The molecule has 6 heteroatoms. The van der Waals surface area contributed by atoms with Crippen LogP contribution in [-0.2, 0) is 0 Å². The summed E-state index contributed by atoms with van der Waals surface area (Å²) in [5.74, 6) is -0.244. The van der Waals surface area contributed by atoms with E-state index in [0.717, 1.165) is 25.7 Å². The van der Waals surface area contributed by atoms with Crippen LogP contribution in [0.15, 0.2) is 16.7 Å². The summed E-state index contributed by atoms with van der Waals surface area (Å²) >= 11 is 3.21. The van der Waals surface area contributed by atoms with Crippen LogP contribution in [0.4, 0.5) is 5.82 Å². The lowest BCUT2D eigenvalue weighted by Gasteiger charge is -2.26. The van der Waals surface area contributed by atoms with Crippen LogP contribution in [0.5, 0.6) is 0 Å². The fourth-order valence-electron chi connectivity index (χ4n) is 2.43. The third-order valence-corrected chi connectivity index (χ3v) is 3.83. The van der Waals surface area contributed by atoms with Gasteiger partial charge in [0.05, 0.1) is 6.10 Å². The second-order valence-electron chi connectivity index (χ2n) is 4.92. The van der Waals surface area contributed by atoms with Crippen LogP contribution in [0.25, 0.3) is 0 Å². The highest BCUT2D eigenvalue weighted by atomic mass is 79.9. The topological polar surface area (TPSA) is 82.5 Å². The first-order valence-corrected chi connectivity index (χ1v) is 7.16. The van der Waals surface area contributed by atoms with Gasteiger partial charge in [0.25, 0.3) is 0 Å². The molecular weight excluding hydrogens is 312 g/mol. The van der Waals surface area contributed by atoms with Gasteiger partial charge in [-0.1, -0.05) is 6.42 Å². The summed E-state index contributed by atoms with van der Waals surface area (Å²) < 4.78 is 0.642. The first kappa shape index (κ1) is 14.3. The normalized spacial score (nSPS) is 23.1. The Morgan fingerprint density at radius 3 is 3.00 bits per heavy atom. The Hall–Kier alpha value is -1.14. The molecule has 5 nitrogen and oxygen atoms in total. The monoisotopic (exact) mass is 328 g/mol. The molecule has 104 valence electrons. The molecule has 0 aliphatic heterocycles. The Balaban J connectivity index is 2.01. The smallest absolute Gasteiger partial charge is 0.339 e. The highest BCUT2D eigenvalue weighted by Gasteiger charge is 2.21. The van der Waals surface area contributed by atoms with Gasteiger partial charge < -0.3 is 15.5 Å². The predicted octanol–water partition coefficient (Wildman–Crippen LogP) is 2.51. The van der Waals surface area contributed by atoms with Gasteiger partial charge in [-0.05, 0) is 47.2 Å². The van der Waals surface area contributed by atoms with E-state index in [1.165, 1.54) is 6.07 Å². The number of pyridine rings is 1. The average molecular weight is 329 g/mol. The van der Waals surface area contributed by atoms with Crippen molar-refractivity contribution in [2.45, 2.75) is 31.8 Å². The maximum atomic E-state index is 11.1. The van der Waals surface area contributed by atoms with Gasteiger partial charge in [-0.15, -0.1) is 0 Å². The van der Waals surface area contributed by atoms with Crippen molar-refractivity contribution in [3.8, 4) is 0 Å². The largest absolute Gasteiger partial charge is 0.478 e. The predicted molar refractivity (Wildman–Crippen MR) is 75.4 cm³/mol. The van der Waals surface area contributed by atoms with E-state index in [-0.39, 0.29) is 11.7 Å². The van der Waals surface area contributed by atoms with Crippen molar-refractivity contribution in [2.75, 3.05) is 11.9 Å². The molecule has 1 aromatic heterocycles. The molecule has 1 saturated carbocycles. The fraction of sp³-hybridized carbons (Fsp3) is 0.538. The fourth-order valence-corrected chi connectivity index (χ4v) is 2.76. The lowest BCUT2D eigenvalue weighted by molar-refractivity contribution is 0.0697. The molecule has 0 saturated heterocycles. The van der Waals surface area contributed by atoms with E-state index >= 15 is 0 Å². The Labute approximate surface area is 120 Å². The van der Waals surface area contributed by atoms with Gasteiger partial charge in [0, 0.05) is 17.2 Å². The number of anilines is 1. The molecule has 1 aromatic rings. The number of carboxylic acids is 1. The number of aliphatic hydroxyl groups excluding tert-OH is 1. The number of hydrogen-bond donors (Lipinski definition) is 3. The zero-order valence-corrected chi connectivity index (χ0v) is 12.1. The van der Waals surface area contributed by atoms with Crippen LogP contribution in [-0.4, -0.2) is 33.8 Å². The molecule has 0 amide bonds. The van der Waals surface area contributed by atoms with Gasteiger partial charge in [0.1, 0.15) is 11.4 Å². The molecule has 1 heterocycles. The van der Waals surface area contributed by atoms with E-state index in [9.17, 15) is 9.90 Å². The molecule has 3 N–H and O–H groups in total. The third kappa shape index (κ3) is 3.91. The number of nitrogens with one attached hydrogen (secondary N) is 1. The summed E-state index contributed by atoms with van der Waals surface area (Å²) in [7, 11) is 0. The molecule has 0 bridgehead atoms. The summed E-state index contributed by atoms with van der Waals surface area (Å²) in [6.07, 6.45) is 5.07. The molecular formula is C13H17BrN2O3. The molecule has 1 aliphatic rings. The van der Waals surface area contributed by atoms with Crippen LogP contribution in [0.2, 0.25) is 0 Å². The molecule has 0 aromatic carbocycles. The molecule has 1 fully saturated rings. The second-order valence-corrected chi connectivity index (χ2v) is 5.84. The highest BCUT2D eigenvalue weighted by Crippen LogP contribution is 2.25. The van der Waals surface area contributed by atoms with E-state index in [1.54, 1.807) is 6.20 Å². The van der Waals surface area contributed by atoms with Crippen molar-refractivity contribution >= 4 is 27.7 Å². The van der Waals surface area contributed by atoms with Gasteiger partial charge in [0.2, 0.25) is 0 Å². The minimum Gasteiger partial charge on any atom is -0.478 e. The second kappa shape index (κ2) is 6.34. The van der Waals surface area contributed by atoms with E-state index in [4.69, 9.17) is 5.11 Å². The molecule has 1 aliphatic carbocycles. The number of halogens is 1. The average Bonchev–Trinajstić information content (AvgIpc) is 2.37. The van der Waals surface area contributed by atoms with E-state index in [2.05, 4.69) is 26.2 Å². The van der Waals surface area contributed by atoms with Gasteiger partial charge in [0.15, 0.2) is 0 Å². The molecule has 2 rings (SSSR count). The van der Waals surface area contributed by atoms with Crippen molar-refractivity contribution in [1.29, 1.82) is 0 Å². The molecule has 19 heavy (non-hydrogen) atoms. The number of carbonyl (C=O) groups is 1. The highest BCUT2D eigenvalue weighted by molar-refractivity contribution is 9.10. The van der Waals surface area contributed by atoms with Crippen molar-refractivity contribution in [2.24, 2.45) is 5.92 Å². The number of rotatable bonds is 4. The Morgan fingerprint density at radius 2 is 2.32 bits per heavy atom. The summed E-state index contributed by atoms with van der Waals surface area (Å²) in [6.45, 7) is 0.645. The van der Waals surface area contributed by atoms with Crippen molar-refractivity contribution in [1.82, 2.24) is 4.98 Å². The standard InChI is InChI=1S/C13H17BrN2O3/c14-9-5-11(13(18)19)12(16-7-9)15-6-8-2-1-3-10(17)4-8/h5,7-8,10,17H,1-4,6H2,(H,15,16)(H,18,19). The third-order valence-electron chi connectivity index (χ3n) is 3.40. The first-order valence-electron chi connectivity index (χ1n) is 6.37. The zero-order valence-electron chi connectivity index (χ0n) is 10.5. The summed E-state index contributed by atoms with van der Waals surface area (Å²) in [5, 5.41) is 21.8. The van der Waals surface area contributed by atoms with E-state index in [0.29, 0.717) is 22.8 Å². The van der Waals surface area contributed by atoms with Gasteiger partial charge >= 0.3 is 5.97 Å². The lowest BCUT2D eigenvalue weighted by Crippen LogP contribution is -2.25. The van der Waals surface area contributed by atoms with Crippen molar-refractivity contribution in [3.05, 3.63) is 22.3 Å². The first-order chi connectivity index (χ1) is 9.06. The molecule has 2 unspecified atom stereocenters. The van der Waals surface area contributed by atoms with Crippen LogP contribution < -0.4 is 5.32 Å². The van der Waals surface area contributed by atoms with Gasteiger partial charge in [-0.3, -0.25) is 0 Å². The SMILES string of the molecule is O=C(O)c1cc(Br)cnc1NCC1CCCC(O)C1. The number of carboxylic acid groups (broad SMARTS) is 1. The summed E-state index contributed by atoms with van der Waals surface area (Å²) in [5.41, 5.74) is 0.158. The van der Waals surface area contributed by atoms with Crippen molar-refractivity contribution < 1.29 is 15.0 Å².